The maximum absolute atomic E-state index is 13.1. The molecule has 0 saturated heterocycles. The van der Waals surface area contributed by atoms with Crippen molar-refractivity contribution in [2.45, 2.75) is 38.9 Å². The first-order chi connectivity index (χ1) is 9.50. The van der Waals surface area contributed by atoms with Crippen LogP contribution >= 0.6 is 11.8 Å². The highest BCUT2D eigenvalue weighted by molar-refractivity contribution is 7.99. The zero-order valence-corrected chi connectivity index (χ0v) is 12.8. The Kier molecular flexibility index (Phi) is 7.45. The molecule has 1 rings (SSSR count). The molecule has 0 amide bonds. The van der Waals surface area contributed by atoms with E-state index in [2.05, 4.69) is 12.2 Å². The molecule has 1 nitrogen and oxygen atoms in total. The Labute approximate surface area is 123 Å². The van der Waals surface area contributed by atoms with Crippen molar-refractivity contribution in [3.63, 3.8) is 0 Å². The van der Waals surface area contributed by atoms with Gasteiger partial charge in [0.25, 0.3) is 0 Å². The van der Waals surface area contributed by atoms with Gasteiger partial charge in [-0.1, -0.05) is 32.0 Å². The quantitative estimate of drug-likeness (QED) is 0.686. The van der Waals surface area contributed by atoms with Crippen molar-refractivity contribution < 1.29 is 13.2 Å². The molecule has 1 atom stereocenters. The lowest BCUT2D eigenvalue weighted by atomic mass is 10.0. The van der Waals surface area contributed by atoms with Crippen LogP contribution in [-0.4, -0.2) is 18.1 Å². The Hall–Kier alpha value is -0.680. The lowest BCUT2D eigenvalue weighted by molar-refractivity contribution is -0.138. The van der Waals surface area contributed by atoms with Crippen molar-refractivity contribution >= 4 is 11.8 Å². The van der Waals surface area contributed by atoms with E-state index >= 15 is 0 Å². The predicted octanol–water partition coefficient (Wildman–Crippen LogP) is 4.89. The molecule has 5 heteroatoms. The van der Waals surface area contributed by atoms with Crippen LogP contribution in [0.25, 0.3) is 0 Å². The fourth-order valence-corrected chi connectivity index (χ4v) is 2.97. The molecule has 0 aromatic heterocycles. The van der Waals surface area contributed by atoms with E-state index in [0.29, 0.717) is 11.3 Å². The van der Waals surface area contributed by atoms with Gasteiger partial charge in [0.15, 0.2) is 0 Å². The molecule has 0 spiro atoms. The Bertz CT molecular complexity index is 393. The number of nitrogens with one attached hydrogen (secondary N) is 1. The highest BCUT2D eigenvalue weighted by Gasteiger charge is 2.34. The van der Waals surface area contributed by atoms with Crippen LogP contribution in [0.5, 0.6) is 0 Å². The zero-order chi connectivity index (χ0) is 15.0. The summed E-state index contributed by atoms with van der Waals surface area (Å²) in [5.74, 6) is 1.64. The Balaban J connectivity index is 2.94. The molecule has 1 unspecified atom stereocenters. The van der Waals surface area contributed by atoms with Gasteiger partial charge < -0.3 is 5.32 Å². The Morgan fingerprint density at radius 2 is 1.85 bits per heavy atom. The summed E-state index contributed by atoms with van der Waals surface area (Å²) in [4.78, 5) is 0. The highest BCUT2D eigenvalue weighted by atomic mass is 32.2. The summed E-state index contributed by atoms with van der Waals surface area (Å²) in [6.45, 7) is 4.81. The number of hydrogen-bond donors (Lipinski definition) is 1. The molecule has 0 saturated carbocycles. The fourth-order valence-electron chi connectivity index (χ4n) is 1.98. The predicted molar refractivity (Wildman–Crippen MR) is 80.1 cm³/mol. The molecular formula is C15H22F3NS. The summed E-state index contributed by atoms with van der Waals surface area (Å²) in [5, 5.41) is 3.24. The van der Waals surface area contributed by atoms with Gasteiger partial charge in [-0.15, -0.1) is 0 Å². The average molecular weight is 305 g/mol. The van der Waals surface area contributed by atoms with Crippen molar-refractivity contribution in [1.29, 1.82) is 0 Å². The number of alkyl halides is 3. The molecule has 0 fully saturated rings. The van der Waals surface area contributed by atoms with E-state index in [-0.39, 0.29) is 6.04 Å². The van der Waals surface area contributed by atoms with Crippen LogP contribution in [0.2, 0.25) is 0 Å². The molecule has 114 valence electrons. The van der Waals surface area contributed by atoms with Gasteiger partial charge in [0, 0.05) is 11.8 Å². The average Bonchev–Trinajstić information content (AvgIpc) is 2.42. The van der Waals surface area contributed by atoms with Crippen molar-refractivity contribution in [1.82, 2.24) is 5.32 Å². The minimum Gasteiger partial charge on any atom is -0.309 e. The molecule has 0 heterocycles. The molecule has 20 heavy (non-hydrogen) atoms. The van der Waals surface area contributed by atoms with Gasteiger partial charge >= 0.3 is 6.18 Å². The second-order valence-electron chi connectivity index (χ2n) is 4.67. The van der Waals surface area contributed by atoms with Crippen molar-refractivity contribution in [2.75, 3.05) is 18.1 Å². The van der Waals surface area contributed by atoms with Gasteiger partial charge in [-0.2, -0.15) is 24.9 Å². The molecule has 0 bridgehead atoms. The van der Waals surface area contributed by atoms with E-state index in [1.807, 2.05) is 6.92 Å². The van der Waals surface area contributed by atoms with Gasteiger partial charge in [-0.05, 0) is 36.8 Å². The van der Waals surface area contributed by atoms with Crippen LogP contribution in [-0.2, 0) is 6.18 Å². The smallest absolute Gasteiger partial charge is 0.309 e. The van der Waals surface area contributed by atoms with Crippen molar-refractivity contribution in [3.8, 4) is 0 Å². The van der Waals surface area contributed by atoms with E-state index in [1.54, 1.807) is 23.9 Å². The third-order valence-electron chi connectivity index (χ3n) is 2.92. The fraction of sp³-hybridized carbons (Fsp3) is 0.600. The first-order valence-electron chi connectivity index (χ1n) is 6.98. The molecule has 0 aliphatic heterocycles. The normalized spacial score (nSPS) is 13.4. The summed E-state index contributed by atoms with van der Waals surface area (Å²) in [6, 6.07) is 5.63. The molecular weight excluding hydrogens is 283 g/mol. The van der Waals surface area contributed by atoms with Gasteiger partial charge in [-0.25, -0.2) is 0 Å². The second-order valence-corrected chi connectivity index (χ2v) is 5.82. The number of thioether (sulfide) groups is 1. The van der Waals surface area contributed by atoms with Gasteiger partial charge in [0.2, 0.25) is 0 Å². The van der Waals surface area contributed by atoms with Crippen LogP contribution in [0.15, 0.2) is 24.3 Å². The molecule has 1 aromatic carbocycles. The van der Waals surface area contributed by atoms with Crippen LogP contribution in [0.3, 0.4) is 0 Å². The Morgan fingerprint density at radius 1 is 1.15 bits per heavy atom. The van der Waals surface area contributed by atoms with E-state index in [0.717, 1.165) is 25.1 Å². The standard InChI is InChI=1S/C15H22F3NS/c1-3-9-19-14(11-20-10-4-2)12-7-5-6-8-13(12)15(16,17)18/h5-8,14,19H,3-4,9-11H2,1-2H3. The number of rotatable bonds is 8. The lowest BCUT2D eigenvalue weighted by Gasteiger charge is -2.22. The SMILES string of the molecule is CCCNC(CSCCC)c1ccccc1C(F)(F)F. The third kappa shape index (κ3) is 5.37. The summed E-state index contributed by atoms with van der Waals surface area (Å²) in [5.41, 5.74) is -0.164. The lowest BCUT2D eigenvalue weighted by Crippen LogP contribution is -2.26. The maximum Gasteiger partial charge on any atom is 0.416 e. The molecule has 1 aromatic rings. The van der Waals surface area contributed by atoms with Crippen LogP contribution in [0.4, 0.5) is 13.2 Å². The zero-order valence-electron chi connectivity index (χ0n) is 12.0. The number of benzene rings is 1. The monoisotopic (exact) mass is 305 g/mol. The molecule has 0 aliphatic carbocycles. The molecule has 1 N–H and O–H groups in total. The summed E-state index contributed by atoms with van der Waals surface area (Å²) < 4.78 is 39.3. The van der Waals surface area contributed by atoms with Crippen LogP contribution < -0.4 is 5.32 Å². The summed E-state index contributed by atoms with van der Waals surface area (Å²) in [7, 11) is 0. The van der Waals surface area contributed by atoms with Crippen molar-refractivity contribution in [2.24, 2.45) is 0 Å². The van der Waals surface area contributed by atoms with E-state index in [1.165, 1.54) is 12.1 Å². The van der Waals surface area contributed by atoms with Gasteiger partial charge in [-0.3, -0.25) is 0 Å². The van der Waals surface area contributed by atoms with Crippen molar-refractivity contribution in [3.05, 3.63) is 35.4 Å². The van der Waals surface area contributed by atoms with E-state index in [4.69, 9.17) is 0 Å². The van der Waals surface area contributed by atoms with E-state index < -0.39 is 11.7 Å². The number of hydrogen-bond acceptors (Lipinski definition) is 2. The first kappa shape index (κ1) is 17.4. The first-order valence-corrected chi connectivity index (χ1v) is 8.13. The summed E-state index contributed by atoms with van der Waals surface area (Å²) >= 11 is 1.70. The van der Waals surface area contributed by atoms with Crippen LogP contribution in [0.1, 0.15) is 43.9 Å². The Morgan fingerprint density at radius 3 is 2.45 bits per heavy atom. The number of halogens is 3. The minimum absolute atomic E-state index is 0.246. The molecule has 0 aliphatic rings. The second kappa shape index (κ2) is 8.57. The van der Waals surface area contributed by atoms with Crippen LogP contribution in [0, 0.1) is 0 Å². The largest absolute Gasteiger partial charge is 0.416 e. The van der Waals surface area contributed by atoms with E-state index in [9.17, 15) is 13.2 Å². The molecule has 0 radical (unpaired) electrons. The topological polar surface area (TPSA) is 12.0 Å². The highest BCUT2D eigenvalue weighted by Crippen LogP contribution is 2.35. The third-order valence-corrected chi connectivity index (χ3v) is 4.18. The minimum atomic E-state index is -4.29. The maximum atomic E-state index is 13.1. The summed E-state index contributed by atoms with van der Waals surface area (Å²) in [6.07, 6.45) is -2.35. The van der Waals surface area contributed by atoms with Gasteiger partial charge in [0.05, 0.1) is 5.56 Å². The van der Waals surface area contributed by atoms with Gasteiger partial charge in [0.1, 0.15) is 0 Å².